The highest BCUT2D eigenvalue weighted by Gasteiger charge is 2.72. The van der Waals surface area contributed by atoms with E-state index in [2.05, 4.69) is 69.2 Å². The SMILES string of the molecule is CC1=C2C(C)C[C@@]3(C)C(C4OC(=O)O[C@@]4(CC1C)C2(C)C)C(C)(C)C(C)C[C@@H]3C. The summed E-state index contributed by atoms with van der Waals surface area (Å²) >= 11 is 0. The lowest BCUT2D eigenvalue weighted by molar-refractivity contribution is -0.193. The molecule has 3 aliphatic carbocycles. The Morgan fingerprint density at radius 3 is 2.14 bits per heavy atom. The Morgan fingerprint density at radius 1 is 0.897 bits per heavy atom. The van der Waals surface area contributed by atoms with Gasteiger partial charge in [0.05, 0.1) is 0 Å². The van der Waals surface area contributed by atoms with E-state index in [1.807, 2.05) is 0 Å². The van der Waals surface area contributed by atoms with Gasteiger partial charge in [0.2, 0.25) is 0 Å². The third-order valence-electron chi connectivity index (χ3n) is 10.6. The van der Waals surface area contributed by atoms with Crippen molar-refractivity contribution in [3.8, 4) is 0 Å². The fourth-order valence-corrected chi connectivity index (χ4v) is 8.65. The molecule has 1 heterocycles. The number of carbonyl (C=O) groups excluding carboxylic acids is 1. The molecule has 4 rings (SSSR count). The van der Waals surface area contributed by atoms with Crippen molar-refractivity contribution in [2.24, 2.45) is 45.8 Å². The Kier molecular flexibility index (Phi) is 4.42. The van der Waals surface area contributed by atoms with Crippen LogP contribution in [0.4, 0.5) is 4.79 Å². The topological polar surface area (TPSA) is 35.5 Å². The van der Waals surface area contributed by atoms with E-state index >= 15 is 0 Å². The molecule has 3 nitrogen and oxygen atoms in total. The zero-order valence-electron chi connectivity index (χ0n) is 20.3. The fraction of sp³-hybridized carbons (Fsp3) is 0.885. The van der Waals surface area contributed by atoms with Crippen LogP contribution in [0.25, 0.3) is 0 Å². The molecule has 8 atom stereocenters. The van der Waals surface area contributed by atoms with Gasteiger partial charge in [-0.3, -0.25) is 0 Å². The summed E-state index contributed by atoms with van der Waals surface area (Å²) in [7, 11) is 0. The highest BCUT2D eigenvalue weighted by atomic mass is 16.8. The van der Waals surface area contributed by atoms with Crippen molar-refractivity contribution in [1.29, 1.82) is 0 Å². The summed E-state index contributed by atoms with van der Waals surface area (Å²) in [6.45, 7) is 23.8. The number of hydrogen-bond acceptors (Lipinski definition) is 3. The predicted octanol–water partition coefficient (Wildman–Crippen LogP) is 7.01. The normalized spacial score (nSPS) is 50.6. The van der Waals surface area contributed by atoms with Crippen molar-refractivity contribution in [3.63, 3.8) is 0 Å². The Labute approximate surface area is 178 Å². The molecule has 0 radical (unpaired) electrons. The summed E-state index contributed by atoms with van der Waals surface area (Å²) in [4.78, 5) is 12.8. The molecule has 3 heteroatoms. The maximum atomic E-state index is 12.8. The van der Waals surface area contributed by atoms with Crippen LogP contribution < -0.4 is 0 Å². The van der Waals surface area contributed by atoms with Gasteiger partial charge in [-0.15, -0.1) is 0 Å². The lowest BCUT2D eigenvalue weighted by Gasteiger charge is -2.65. The molecule has 2 saturated carbocycles. The van der Waals surface area contributed by atoms with Crippen LogP contribution >= 0.6 is 0 Å². The van der Waals surface area contributed by atoms with E-state index in [1.54, 1.807) is 0 Å². The molecule has 164 valence electrons. The molecule has 3 fully saturated rings. The van der Waals surface area contributed by atoms with Gasteiger partial charge in [-0.25, -0.2) is 4.79 Å². The van der Waals surface area contributed by atoms with Crippen LogP contribution in [-0.2, 0) is 9.47 Å². The number of fused-ring (bicyclic) bond motifs is 3. The van der Waals surface area contributed by atoms with E-state index in [1.165, 1.54) is 17.6 Å². The minimum absolute atomic E-state index is 0.0830. The Morgan fingerprint density at radius 2 is 1.52 bits per heavy atom. The van der Waals surface area contributed by atoms with E-state index in [0.29, 0.717) is 23.7 Å². The standard InChI is InChI=1S/C26H42O3/c1-14-13-26-21(28-22(27)29-26)20-23(6,7)16(3)11-17(4)25(20,10)12-15(2)19(18(14)5)24(26,8)9/h14-17,20-21H,11-13H2,1-10H3/t14?,15?,16?,17-,20?,21?,25+,26+/m0/s1. The van der Waals surface area contributed by atoms with Crippen LogP contribution in [0, 0.1) is 45.8 Å². The van der Waals surface area contributed by atoms with Gasteiger partial charge >= 0.3 is 6.16 Å². The minimum atomic E-state index is -0.576. The maximum absolute atomic E-state index is 12.8. The van der Waals surface area contributed by atoms with Crippen LogP contribution in [-0.4, -0.2) is 17.9 Å². The first-order valence-corrected chi connectivity index (χ1v) is 11.8. The van der Waals surface area contributed by atoms with Crippen molar-refractivity contribution in [3.05, 3.63) is 11.1 Å². The van der Waals surface area contributed by atoms with Gasteiger partial charge in [0.25, 0.3) is 0 Å². The van der Waals surface area contributed by atoms with Crippen molar-refractivity contribution in [2.75, 3.05) is 0 Å². The maximum Gasteiger partial charge on any atom is 0.509 e. The molecule has 5 unspecified atom stereocenters. The van der Waals surface area contributed by atoms with Gasteiger partial charge in [0.15, 0.2) is 5.60 Å². The van der Waals surface area contributed by atoms with Gasteiger partial charge in [-0.1, -0.05) is 73.5 Å². The van der Waals surface area contributed by atoms with Gasteiger partial charge in [0.1, 0.15) is 6.10 Å². The first-order chi connectivity index (χ1) is 13.2. The second kappa shape index (κ2) is 6.04. The highest BCUT2D eigenvalue weighted by Crippen LogP contribution is 2.69. The highest BCUT2D eigenvalue weighted by molar-refractivity contribution is 5.65. The molecule has 0 aromatic rings. The lowest BCUT2D eigenvalue weighted by atomic mass is 9.40. The second-order valence-corrected chi connectivity index (χ2v) is 12.6. The molecule has 29 heavy (non-hydrogen) atoms. The molecule has 0 aromatic carbocycles. The minimum Gasteiger partial charge on any atom is -0.426 e. The van der Waals surface area contributed by atoms with Crippen molar-refractivity contribution in [2.45, 2.75) is 100 Å². The molecule has 1 aliphatic heterocycles. The lowest BCUT2D eigenvalue weighted by Crippen LogP contribution is -2.67. The van der Waals surface area contributed by atoms with E-state index in [9.17, 15) is 4.79 Å². The molecule has 1 saturated heterocycles. The van der Waals surface area contributed by atoms with Gasteiger partial charge in [-0.2, -0.15) is 0 Å². The molecule has 4 aliphatic rings. The average molecular weight is 403 g/mol. The number of carbonyl (C=O) groups is 1. The van der Waals surface area contributed by atoms with Crippen molar-refractivity contribution < 1.29 is 14.3 Å². The number of ether oxygens (including phenoxy) is 2. The van der Waals surface area contributed by atoms with E-state index in [0.717, 1.165) is 12.8 Å². The fourth-order valence-electron chi connectivity index (χ4n) is 8.65. The van der Waals surface area contributed by atoms with Crippen LogP contribution in [0.2, 0.25) is 0 Å². The van der Waals surface area contributed by atoms with Gasteiger partial charge in [0, 0.05) is 11.3 Å². The molecule has 1 spiro atoms. The zero-order chi connectivity index (χ0) is 21.7. The Bertz CT molecular complexity index is 762. The number of allylic oxidation sites excluding steroid dienone is 1. The molecular weight excluding hydrogens is 360 g/mol. The third-order valence-corrected chi connectivity index (χ3v) is 10.6. The summed E-state index contributed by atoms with van der Waals surface area (Å²) in [6, 6.07) is 0. The van der Waals surface area contributed by atoms with Crippen molar-refractivity contribution in [1.82, 2.24) is 0 Å². The average Bonchev–Trinajstić information content (AvgIpc) is 2.88. The van der Waals surface area contributed by atoms with Gasteiger partial charge in [-0.05, 0) is 60.7 Å². The summed E-state index contributed by atoms with van der Waals surface area (Å²) in [5.41, 5.74) is 2.42. The first-order valence-electron chi connectivity index (χ1n) is 11.8. The van der Waals surface area contributed by atoms with Crippen molar-refractivity contribution >= 4 is 6.16 Å². The number of rotatable bonds is 0. The van der Waals surface area contributed by atoms with E-state index in [-0.39, 0.29) is 28.3 Å². The zero-order valence-corrected chi connectivity index (χ0v) is 20.3. The van der Waals surface area contributed by atoms with E-state index in [4.69, 9.17) is 9.47 Å². The Hall–Kier alpha value is -0.990. The summed E-state index contributed by atoms with van der Waals surface area (Å²) in [5.74, 6) is 2.35. The largest absolute Gasteiger partial charge is 0.509 e. The van der Waals surface area contributed by atoms with Crippen LogP contribution in [0.1, 0.15) is 88.5 Å². The molecule has 2 bridgehead atoms. The van der Waals surface area contributed by atoms with E-state index < -0.39 is 11.8 Å². The summed E-state index contributed by atoms with van der Waals surface area (Å²) in [5, 5.41) is 0. The van der Waals surface area contributed by atoms with Crippen LogP contribution in [0.3, 0.4) is 0 Å². The van der Waals surface area contributed by atoms with Crippen LogP contribution in [0.15, 0.2) is 11.1 Å². The molecule has 0 amide bonds. The smallest absolute Gasteiger partial charge is 0.426 e. The van der Waals surface area contributed by atoms with Crippen LogP contribution in [0.5, 0.6) is 0 Å². The van der Waals surface area contributed by atoms with Gasteiger partial charge < -0.3 is 9.47 Å². The summed E-state index contributed by atoms with van der Waals surface area (Å²) in [6.07, 6.45) is 2.62. The summed E-state index contributed by atoms with van der Waals surface area (Å²) < 4.78 is 12.5. The predicted molar refractivity (Wildman–Crippen MR) is 116 cm³/mol. The quantitative estimate of drug-likeness (QED) is 0.323. The first kappa shape index (κ1) is 21.2. The molecular formula is C26H42O3. The Balaban J connectivity index is 2.03. The second-order valence-electron chi connectivity index (χ2n) is 12.6. The number of hydrogen-bond donors (Lipinski definition) is 0. The monoisotopic (exact) mass is 402 g/mol. The third kappa shape index (κ3) is 2.45. The molecule has 0 aromatic heterocycles. The molecule has 0 N–H and O–H groups in total.